The number of hydrogen-bond donors (Lipinski definition) is 0. The first-order valence-corrected chi connectivity index (χ1v) is 10.6. The second kappa shape index (κ2) is 9.27. The van der Waals surface area contributed by atoms with Crippen molar-refractivity contribution in [2.24, 2.45) is 0 Å². The highest BCUT2D eigenvalue weighted by molar-refractivity contribution is 6.32. The van der Waals surface area contributed by atoms with E-state index in [0.29, 0.717) is 34.1 Å². The van der Waals surface area contributed by atoms with Crippen LogP contribution in [0.1, 0.15) is 23.1 Å². The van der Waals surface area contributed by atoms with E-state index >= 15 is 0 Å². The van der Waals surface area contributed by atoms with Gasteiger partial charge in [-0.2, -0.15) is 0 Å². The second-order valence-corrected chi connectivity index (χ2v) is 7.88. The fourth-order valence-electron chi connectivity index (χ4n) is 3.45. The number of rotatable bonds is 7. The molecule has 1 aromatic heterocycles. The van der Waals surface area contributed by atoms with Crippen LogP contribution in [0.25, 0.3) is 11.0 Å². The maximum absolute atomic E-state index is 12.8. The van der Waals surface area contributed by atoms with Crippen LogP contribution >= 0.6 is 11.6 Å². The van der Waals surface area contributed by atoms with E-state index in [1.54, 1.807) is 30.3 Å². The molecule has 4 aromatic rings. The Morgan fingerprint density at radius 2 is 1.68 bits per heavy atom. The van der Waals surface area contributed by atoms with Crippen LogP contribution in [0.15, 0.2) is 76.1 Å². The number of fused-ring (bicyclic) bond motifs is 1. The van der Waals surface area contributed by atoms with Crippen LogP contribution in [0.3, 0.4) is 0 Å². The second-order valence-electron chi connectivity index (χ2n) is 7.50. The van der Waals surface area contributed by atoms with E-state index < -0.39 is 0 Å². The predicted octanol–water partition coefficient (Wildman–Crippen LogP) is 6.87. The molecule has 0 saturated carbocycles. The van der Waals surface area contributed by atoms with Crippen LogP contribution < -0.4 is 14.9 Å². The molecule has 0 aliphatic rings. The quantitative estimate of drug-likeness (QED) is 0.298. The maximum atomic E-state index is 12.8. The number of hydrogen-bond acceptors (Lipinski definition) is 4. The summed E-state index contributed by atoms with van der Waals surface area (Å²) in [4.78, 5) is 12.8. The van der Waals surface area contributed by atoms with E-state index in [-0.39, 0.29) is 11.2 Å². The van der Waals surface area contributed by atoms with Gasteiger partial charge in [-0.25, -0.2) is 0 Å². The molecule has 0 atom stereocenters. The van der Waals surface area contributed by atoms with Gasteiger partial charge in [0.25, 0.3) is 0 Å². The number of aryl methyl sites for hydroxylation is 3. The number of benzene rings is 3. The van der Waals surface area contributed by atoms with Gasteiger partial charge in [-0.05, 0) is 67.6 Å². The van der Waals surface area contributed by atoms with E-state index in [1.807, 2.05) is 32.0 Å². The Morgan fingerprint density at radius 3 is 2.42 bits per heavy atom. The highest BCUT2D eigenvalue weighted by Gasteiger charge is 2.12. The fourth-order valence-corrected chi connectivity index (χ4v) is 3.56. The van der Waals surface area contributed by atoms with Crippen molar-refractivity contribution in [1.29, 1.82) is 0 Å². The lowest BCUT2D eigenvalue weighted by Crippen LogP contribution is -2.05. The highest BCUT2D eigenvalue weighted by atomic mass is 35.5. The third-order valence-electron chi connectivity index (χ3n) is 5.07. The SMILES string of the molecule is Cc1cc(Oc2coc3cc(OCCCc4ccccc4)ccc3c2=O)cc(C)c1Cl. The Morgan fingerprint density at radius 1 is 0.935 bits per heavy atom. The molecule has 0 unspecified atom stereocenters. The van der Waals surface area contributed by atoms with Crippen LogP contribution in [-0.4, -0.2) is 6.61 Å². The van der Waals surface area contributed by atoms with Gasteiger partial charge in [0.2, 0.25) is 11.2 Å². The van der Waals surface area contributed by atoms with Gasteiger partial charge < -0.3 is 13.9 Å². The maximum Gasteiger partial charge on any atom is 0.235 e. The van der Waals surface area contributed by atoms with Crippen LogP contribution in [-0.2, 0) is 6.42 Å². The molecule has 0 bridgehead atoms. The van der Waals surface area contributed by atoms with Gasteiger partial charge in [-0.15, -0.1) is 0 Å². The Kier molecular flexibility index (Phi) is 6.28. The summed E-state index contributed by atoms with van der Waals surface area (Å²) in [5, 5.41) is 1.13. The molecule has 0 N–H and O–H groups in total. The van der Waals surface area contributed by atoms with E-state index in [9.17, 15) is 4.79 Å². The summed E-state index contributed by atoms with van der Waals surface area (Å²) in [5.74, 6) is 1.34. The van der Waals surface area contributed by atoms with Crippen LogP contribution in [0.5, 0.6) is 17.2 Å². The summed E-state index contributed by atoms with van der Waals surface area (Å²) in [6.07, 6.45) is 3.19. The monoisotopic (exact) mass is 434 g/mol. The van der Waals surface area contributed by atoms with Crippen LogP contribution in [0.2, 0.25) is 5.02 Å². The summed E-state index contributed by atoms with van der Waals surface area (Å²) >= 11 is 6.21. The molecule has 0 radical (unpaired) electrons. The van der Waals surface area contributed by atoms with E-state index in [2.05, 4.69) is 12.1 Å². The standard InChI is InChI=1S/C26H23ClO4/c1-17-13-21(14-18(2)25(17)27)31-24-16-30-23-15-20(10-11-22(23)26(24)28)29-12-6-9-19-7-4-3-5-8-19/h3-5,7-8,10-11,13-16H,6,9,12H2,1-2H3. The van der Waals surface area contributed by atoms with Crippen molar-refractivity contribution in [2.75, 3.05) is 6.61 Å². The Hall–Kier alpha value is -3.24. The molecule has 1 heterocycles. The minimum atomic E-state index is -0.234. The van der Waals surface area contributed by atoms with E-state index in [4.69, 9.17) is 25.5 Å². The zero-order valence-electron chi connectivity index (χ0n) is 17.5. The van der Waals surface area contributed by atoms with E-state index in [1.165, 1.54) is 11.8 Å². The predicted molar refractivity (Wildman–Crippen MR) is 124 cm³/mol. The summed E-state index contributed by atoms with van der Waals surface area (Å²) in [7, 11) is 0. The van der Waals surface area contributed by atoms with Gasteiger partial charge >= 0.3 is 0 Å². The Labute approximate surface area is 186 Å². The van der Waals surface area contributed by atoms with Crippen molar-refractivity contribution in [1.82, 2.24) is 0 Å². The van der Waals surface area contributed by atoms with Crippen molar-refractivity contribution in [3.8, 4) is 17.2 Å². The van der Waals surface area contributed by atoms with Crippen molar-refractivity contribution >= 4 is 22.6 Å². The average molecular weight is 435 g/mol. The van der Waals surface area contributed by atoms with Crippen molar-refractivity contribution in [2.45, 2.75) is 26.7 Å². The minimum Gasteiger partial charge on any atom is -0.493 e. The molecular weight excluding hydrogens is 412 g/mol. The summed E-state index contributed by atoms with van der Waals surface area (Å²) in [5.41, 5.74) is 3.28. The van der Waals surface area contributed by atoms with Crippen LogP contribution in [0, 0.1) is 13.8 Å². The first kappa shape index (κ1) is 21.0. The molecule has 0 aliphatic heterocycles. The largest absolute Gasteiger partial charge is 0.493 e. The summed E-state index contributed by atoms with van der Waals surface area (Å²) in [6, 6.07) is 19.1. The normalized spacial score (nSPS) is 10.9. The van der Waals surface area contributed by atoms with E-state index in [0.717, 1.165) is 24.0 Å². The molecule has 0 fully saturated rings. The lowest BCUT2D eigenvalue weighted by Gasteiger charge is -2.10. The zero-order valence-corrected chi connectivity index (χ0v) is 18.2. The van der Waals surface area contributed by atoms with Crippen molar-refractivity contribution in [3.05, 3.63) is 98.9 Å². The minimum absolute atomic E-state index is 0.130. The molecule has 0 amide bonds. The third-order valence-corrected chi connectivity index (χ3v) is 5.67. The molecular formula is C26H23ClO4. The first-order valence-electron chi connectivity index (χ1n) is 10.2. The van der Waals surface area contributed by atoms with Gasteiger partial charge in [0.1, 0.15) is 23.3 Å². The van der Waals surface area contributed by atoms with Crippen LogP contribution in [0.4, 0.5) is 0 Å². The molecule has 4 rings (SSSR count). The van der Waals surface area contributed by atoms with Gasteiger partial charge in [0.15, 0.2) is 0 Å². The zero-order chi connectivity index (χ0) is 21.8. The molecule has 158 valence electrons. The van der Waals surface area contributed by atoms with Gasteiger partial charge in [0.05, 0.1) is 12.0 Å². The van der Waals surface area contributed by atoms with Crippen molar-refractivity contribution in [3.63, 3.8) is 0 Å². The summed E-state index contributed by atoms with van der Waals surface area (Å²) in [6.45, 7) is 4.37. The van der Waals surface area contributed by atoms with Crippen molar-refractivity contribution < 1.29 is 13.9 Å². The first-order chi connectivity index (χ1) is 15.0. The summed E-state index contributed by atoms with van der Waals surface area (Å²) < 4.78 is 17.3. The van der Waals surface area contributed by atoms with Gasteiger partial charge in [0, 0.05) is 11.1 Å². The topological polar surface area (TPSA) is 48.7 Å². The molecule has 3 aromatic carbocycles. The molecule has 31 heavy (non-hydrogen) atoms. The molecule has 0 aliphatic carbocycles. The Balaban J connectivity index is 1.46. The highest BCUT2D eigenvalue weighted by Crippen LogP contribution is 2.29. The fraction of sp³-hybridized carbons (Fsp3) is 0.192. The lowest BCUT2D eigenvalue weighted by atomic mass is 10.1. The Bertz CT molecular complexity index is 1240. The lowest BCUT2D eigenvalue weighted by molar-refractivity contribution is 0.311. The van der Waals surface area contributed by atoms with Gasteiger partial charge in [-0.1, -0.05) is 41.9 Å². The molecule has 0 spiro atoms. The third kappa shape index (κ3) is 4.92. The van der Waals surface area contributed by atoms with Gasteiger partial charge in [-0.3, -0.25) is 4.79 Å². The smallest absolute Gasteiger partial charge is 0.235 e. The molecule has 0 saturated heterocycles. The molecule has 4 nitrogen and oxygen atoms in total. The average Bonchev–Trinajstić information content (AvgIpc) is 2.77. The number of ether oxygens (including phenoxy) is 2. The number of halogens is 1. The molecule has 5 heteroatoms.